The van der Waals surface area contributed by atoms with Crippen LogP contribution in [0, 0.1) is 0 Å². The maximum Gasteiger partial charge on any atom is 0.240 e. The van der Waals surface area contributed by atoms with Gasteiger partial charge in [0.15, 0.2) is 0 Å². The first kappa shape index (κ1) is 16.0. The van der Waals surface area contributed by atoms with Crippen molar-refractivity contribution in [2.45, 2.75) is 51.2 Å². The van der Waals surface area contributed by atoms with Gasteiger partial charge in [0.2, 0.25) is 5.91 Å². The predicted molar refractivity (Wildman–Crippen MR) is 80.1 cm³/mol. The first-order chi connectivity index (χ1) is 8.72. The predicted octanol–water partition coefficient (Wildman–Crippen LogP) is 2.73. The molecule has 19 heavy (non-hydrogen) atoms. The molecule has 2 rings (SSSR count). The number of hydrogen-bond donors (Lipinski definition) is 1. The van der Waals surface area contributed by atoms with E-state index >= 15 is 0 Å². The fourth-order valence-electron chi connectivity index (χ4n) is 2.20. The third-order valence-corrected chi connectivity index (χ3v) is 3.38. The van der Waals surface area contributed by atoms with Crippen molar-refractivity contribution in [3.63, 3.8) is 0 Å². The Bertz CT molecular complexity index is 392. The number of nitrogens with two attached hydrogens (primary N) is 1. The summed E-state index contributed by atoms with van der Waals surface area (Å²) in [4.78, 5) is 14.3. The Labute approximate surface area is 121 Å². The number of amides is 1. The van der Waals surface area contributed by atoms with Gasteiger partial charge in [-0.05, 0) is 24.8 Å². The summed E-state index contributed by atoms with van der Waals surface area (Å²) in [5, 5.41) is 0. The fourth-order valence-corrected chi connectivity index (χ4v) is 2.20. The Hall–Kier alpha value is -1.06. The van der Waals surface area contributed by atoms with Crippen molar-refractivity contribution in [1.82, 2.24) is 4.90 Å². The van der Waals surface area contributed by atoms with E-state index in [2.05, 4.69) is 19.1 Å². The molecular formula is C15H23ClN2O. The summed E-state index contributed by atoms with van der Waals surface area (Å²) in [6.07, 6.45) is 3.97. The number of carbonyl (C=O) groups is 1. The van der Waals surface area contributed by atoms with Crippen LogP contribution in [-0.2, 0) is 11.3 Å². The van der Waals surface area contributed by atoms with Crippen LogP contribution in [0.1, 0.15) is 38.2 Å². The van der Waals surface area contributed by atoms with E-state index in [1.807, 2.05) is 23.1 Å². The molecule has 1 aliphatic carbocycles. The van der Waals surface area contributed by atoms with Crippen molar-refractivity contribution in [1.29, 1.82) is 0 Å². The van der Waals surface area contributed by atoms with Gasteiger partial charge in [0, 0.05) is 12.6 Å². The lowest BCUT2D eigenvalue weighted by Crippen LogP contribution is -2.44. The van der Waals surface area contributed by atoms with Crippen LogP contribution in [0.25, 0.3) is 0 Å². The summed E-state index contributed by atoms with van der Waals surface area (Å²) in [5.74, 6) is 0.114. The van der Waals surface area contributed by atoms with Crippen LogP contribution in [0.4, 0.5) is 0 Å². The third-order valence-electron chi connectivity index (χ3n) is 3.38. The van der Waals surface area contributed by atoms with Gasteiger partial charge in [-0.2, -0.15) is 0 Å². The second-order valence-corrected chi connectivity index (χ2v) is 5.08. The van der Waals surface area contributed by atoms with Crippen molar-refractivity contribution >= 4 is 18.3 Å². The first-order valence-corrected chi connectivity index (χ1v) is 6.82. The Morgan fingerprint density at radius 2 is 2.00 bits per heavy atom. The molecule has 1 amide bonds. The topological polar surface area (TPSA) is 46.3 Å². The average molecular weight is 283 g/mol. The fraction of sp³-hybridized carbons (Fsp3) is 0.533. The summed E-state index contributed by atoms with van der Waals surface area (Å²) in [6, 6.07) is 10.2. The molecule has 1 aromatic carbocycles. The Balaban J connectivity index is 0.00000180. The molecule has 4 heteroatoms. The van der Waals surface area contributed by atoms with Gasteiger partial charge in [-0.3, -0.25) is 4.79 Å². The first-order valence-electron chi connectivity index (χ1n) is 6.82. The van der Waals surface area contributed by atoms with E-state index in [-0.39, 0.29) is 24.4 Å². The number of halogens is 1. The van der Waals surface area contributed by atoms with Crippen LogP contribution in [0.15, 0.2) is 30.3 Å². The lowest BCUT2D eigenvalue weighted by Gasteiger charge is -2.25. The van der Waals surface area contributed by atoms with Gasteiger partial charge in [0.05, 0.1) is 6.04 Å². The molecule has 0 saturated heterocycles. The second kappa shape index (κ2) is 7.51. The maximum absolute atomic E-state index is 12.3. The minimum absolute atomic E-state index is 0. The summed E-state index contributed by atoms with van der Waals surface area (Å²) in [7, 11) is 0. The zero-order valence-corrected chi connectivity index (χ0v) is 12.2. The van der Waals surface area contributed by atoms with E-state index in [0.717, 1.165) is 25.7 Å². The highest BCUT2D eigenvalue weighted by Crippen LogP contribution is 2.29. The lowest BCUT2D eigenvalue weighted by molar-refractivity contribution is -0.134. The minimum atomic E-state index is -0.334. The van der Waals surface area contributed by atoms with E-state index in [1.54, 1.807) is 0 Å². The Kier molecular flexibility index (Phi) is 6.32. The Morgan fingerprint density at radius 1 is 1.37 bits per heavy atom. The van der Waals surface area contributed by atoms with E-state index < -0.39 is 0 Å². The number of nitrogens with zero attached hydrogens (tertiary/aromatic N) is 1. The molecule has 1 aromatic rings. The monoisotopic (exact) mass is 282 g/mol. The second-order valence-electron chi connectivity index (χ2n) is 5.08. The number of carbonyl (C=O) groups excluding carboxylic acids is 1. The lowest BCUT2D eigenvalue weighted by atomic mass is 10.1. The molecule has 1 aliphatic rings. The van der Waals surface area contributed by atoms with Gasteiger partial charge in [-0.15, -0.1) is 12.4 Å². The molecule has 0 heterocycles. The molecular weight excluding hydrogens is 260 g/mol. The highest BCUT2D eigenvalue weighted by Gasteiger charge is 2.34. The van der Waals surface area contributed by atoms with Crippen molar-refractivity contribution in [2.24, 2.45) is 5.73 Å². The van der Waals surface area contributed by atoms with Crippen LogP contribution in [0.3, 0.4) is 0 Å². The van der Waals surface area contributed by atoms with Crippen LogP contribution < -0.4 is 5.73 Å². The van der Waals surface area contributed by atoms with E-state index in [9.17, 15) is 4.79 Å². The van der Waals surface area contributed by atoms with Crippen LogP contribution >= 0.6 is 12.4 Å². The molecule has 0 spiro atoms. The van der Waals surface area contributed by atoms with Crippen molar-refractivity contribution in [3.8, 4) is 0 Å². The summed E-state index contributed by atoms with van der Waals surface area (Å²) < 4.78 is 0. The molecule has 106 valence electrons. The van der Waals surface area contributed by atoms with Gasteiger partial charge < -0.3 is 10.6 Å². The average Bonchev–Trinajstić information content (AvgIpc) is 3.21. The quantitative estimate of drug-likeness (QED) is 0.872. The third kappa shape index (κ3) is 4.51. The molecule has 1 saturated carbocycles. The van der Waals surface area contributed by atoms with Gasteiger partial charge in [-0.25, -0.2) is 0 Å². The van der Waals surface area contributed by atoms with Gasteiger partial charge in [0.25, 0.3) is 0 Å². The zero-order valence-electron chi connectivity index (χ0n) is 11.4. The standard InChI is InChI=1S/C15H22N2O.ClH/c1-2-6-14(16)15(18)17(13-9-10-13)11-12-7-4-3-5-8-12;/h3-5,7-8,13-14H,2,6,9-11,16H2,1H3;1H. The molecule has 1 unspecified atom stereocenters. The molecule has 1 fully saturated rings. The molecule has 0 aromatic heterocycles. The normalized spacial score (nSPS) is 15.5. The summed E-state index contributed by atoms with van der Waals surface area (Å²) in [5.41, 5.74) is 7.14. The maximum atomic E-state index is 12.3. The van der Waals surface area contributed by atoms with Crippen LogP contribution in [0.5, 0.6) is 0 Å². The van der Waals surface area contributed by atoms with E-state index in [0.29, 0.717) is 12.6 Å². The molecule has 1 atom stereocenters. The molecule has 3 nitrogen and oxygen atoms in total. The highest BCUT2D eigenvalue weighted by atomic mass is 35.5. The zero-order chi connectivity index (χ0) is 13.0. The number of hydrogen-bond acceptors (Lipinski definition) is 2. The van der Waals surface area contributed by atoms with Crippen molar-refractivity contribution < 1.29 is 4.79 Å². The molecule has 2 N–H and O–H groups in total. The van der Waals surface area contributed by atoms with Gasteiger partial charge in [0.1, 0.15) is 0 Å². The van der Waals surface area contributed by atoms with Crippen LogP contribution in [0.2, 0.25) is 0 Å². The highest BCUT2D eigenvalue weighted by molar-refractivity contribution is 5.85. The van der Waals surface area contributed by atoms with Gasteiger partial charge >= 0.3 is 0 Å². The van der Waals surface area contributed by atoms with Crippen LogP contribution in [-0.4, -0.2) is 22.9 Å². The largest absolute Gasteiger partial charge is 0.334 e. The van der Waals surface area contributed by atoms with E-state index in [4.69, 9.17) is 5.73 Å². The molecule has 0 radical (unpaired) electrons. The minimum Gasteiger partial charge on any atom is -0.334 e. The Morgan fingerprint density at radius 3 is 2.53 bits per heavy atom. The summed E-state index contributed by atoms with van der Waals surface area (Å²) in [6.45, 7) is 2.76. The van der Waals surface area contributed by atoms with E-state index in [1.165, 1.54) is 5.56 Å². The summed E-state index contributed by atoms with van der Waals surface area (Å²) >= 11 is 0. The number of benzene rings is 1. The van der Waals surface area contributed by atoms with Crippen molar-refractivity contribution in [3.05, 3.63) is 35.9 Å². The SMILES string of the molecule is CCCC(N)C(=O)N(Cc1ccccc1)C1CC1.Cl. The molecule has 0 bridgehead atoms. The number of rotatable bonds is 6. The van der Waals surface area contributed by atoms with Gasteiger partial charge in [-0.1, -0.05) is 43.7 Å². The smallest absolute Gasteiger partial charge is 0.240 e. The molecule has 0 aliphatic heterocycles. The van der Waals surface area contributed by atoms with Crippen molar-refractivity contribution in [2.75, 3.05) is 0 Å².